The van der Waals surface area contributed by atoms with Crippen LogP contribution >= 0.6 is 11.6 Å². The van der Waals surface area contributed by atoms with E-state index in [1.807, 2.05) is 13.0 Å². The lowest BCUT2D eigenvalue weighted by Gasteiger charge is -2.18. The summed E-state index contributed by atoms with van der Waals surface area (Å²) in [7, 11) is 0. The second kappa shape index (κ2) is 8.03. The number of hydrogen-bond acceptors (Lipinski definition) is 3. The van der Waals surface area contributed by atoms with Gasteiger partial charge in [-0.2, -0.15) is 5.10 Å². The molecule has 25 heavy (non-hydrogen) atoms. The standard InChI is InChI=1S/C19H21ClN4O/c1-14-12-16(24-10-4-5-11-24)9-8-15(14)13-21-23-19(25)22-18-7-3-2-6-17(18)20/h2-3,6-9,12-13H,4-5,10-11H2,1H3,(H2,22,23,25)/b21-13+. The molecule has 2 aromatic rings. The Balaban J connectivity index is 1.58. The molecule has 2 amide bonds. The monoisotopic (exact) mass is 356 g/mol. The van der Waals surface area contributed by atoms with Crippen molar-refractivity contribution in [1.82, 2.24) is 5.43 Å². The molecule has 1 heterocycles. The van der Waals surface area contributed by atoms with Crippen LogP contribution in [0.5, 0.6) is 0 Å². The summed E-state index contributed by atoms with van der Waals surface area (Å²) in [4.78, 5) is 14.3. The Kier molecular flexibility index (Phi) is 5.56. The molecule has 2 N–H and O–H groups in total. The summed E-state index contributed by atoms with van der Waals surface area (Å²) in [5, 5.41) is 7.15. The minimum absolute atomic E-state index is 0.435. The Hall–Kier alpha value is -2.53. The van der Waals surface area contributed by atoms with Crippen LogP contribution in [-0.2, 0) is 0 Å². The molecule has 0 aromatic heterocycles. The van der Waals surface area contributed by atoms with Gasteiger partial charge < -0.3 is 10.2 Å². The molecule has 1 saturated heterocycles. The van der Waals surface area contributed by atoms with E-state index in [4.69, 9.17) is 11.6 Å². The number of anilines is 2. The van der Waals surface area contributed by atoms with Crippen LogP contribution in [0.15, 0.2) is 47.6 Å². The number of hydrogen-bond donors (Lipinski definition) is 2. The molecule has 0 unspecified atom stereocenters. The fraction of sp³-hybridized carbons (Fsp3) is 0.263. The number of amides is 2. The SMILES string of the molecule is Cc1cc(N2CCCC2)ccc1/C=N/NC(=O)Nc1ccccc1Cl. The van der Waals surface area contributed by atoms with Gasteiger partial charge in [-0.3, -0.25) is 0 Å². The third-order valence-electron chi connectivity index (χ3n) is 4.22. The molecule has 1 fully saturated rings. The number of nitrogens with one attached hydrogen (secondary N) is 2. The highest BCUT2D eigenvalue weighted by atomic mass is 35.5. The number of para-hydroxylation sites is 1. The number of urea groups is 1. The summed E-state index contributed by atoms with van der Waals surface area (Å²) in [6.45, 7) is 4.29. The average Bonchev–Trinajstić information content (AvgIpc) is 3.13. The normalized spacial score (nSPS) is 14.1. The first-order valence-corrected chi connectivity index (χ1v) is 8.71. The van der Waals surface area contributed by atoms with Crippen LogP contribution in [-0.4, -0.2) is 25.3 Å². The predicted octanol–water partition coefficient (Wildman–Crippen LogP) is 4.40. The van der Waals surface area contributed by atoms with E-state index in [2.05, 4.69) is 32.9 Å². The highest BCUT2D eigenvalue weighted by Gasteiger charge is 2.12. The van der Waals surface area contributed by atoms with Crippen molar-refractivity contribution in [3.8, 4) is 0 Å². The third kappa shape index (κ3) is 4.51. The lowest BCUT2D eigenvalue weighted by Crippen LogP contribution is -2.24. The quantitative estimate of drug-likeness (QED) is 0.630. The van der Waals surface area contributed by atoms with Crippen LogP contribution in [0.25, 0.3) is 0 Å². The summed E-state index contributed by atoms with van der Waals surface area (Å²) in [6.07, 6.45) is 4.16. The van der Waals surface area contributed by atoms with E-state index in [-0.39, 0.29) is 0 Å². The second-order valence-electron chi connectivity index (χ2n) is 6.04. The number of carbonyl (C=O) groups excluding carboxylic acids is 1. The first kappa shape index (κ1) is 17.3. The lowest BCUT2D eigenvalue weighted by atomic mass is 10.1. The molecule has 5 nitrogen and oxygen atoms in total. The van der Waals surface area contributed by atoms with Crippen molar-refractivity contribution in [3.05, 3.63) is 58.6 Å². The first-order chi connectivity index (χ1) is 12.1. The molecule has 0 radical (unpaired) electrons. The van der Waals surface area contributed by atoms with Crippen molar-refractivity contribution in [2.45, 2.75) is 19.8 Å². The molecule has 3 rings (SSSR count). The predicted molar refractivity (Wildman–Crippen MR) is 104 cm³/mol. The van der Waals surface area contributed by atoms with Crippen molar-refractivity contribution in [2.24, 2.45) is 5.10 Å². The maximum Gasteiger partial charge on any atom is 0.339 e. The van der Waals surface area contributed by atoms with Gasteiger partial charge in [-0.1, -0.05) is 29.8 Å². The Bertz CT molecular complexity index is 785. The third-order valence-corrected chi connectivity index (χ3v) is 4.55. The van der Waals surface area contributed by atoms with E-state index < -0.39 is 6.03 Å². The average molecular weight is 357 g/mol. The van der Waals surface area contributed by atoms with Crippen LogP contribution in [0.3, 0.4) is 0 Å². The van der Waals surface area contributed by atoms with Crippen LogP contribution < -0.4 is 15.6 Å². The van der Waals surface area contributed by atoms with Crippen LogP contribution in [0.1, 0.15) is 24.0 Å². The second-order valence-corrected chi connectivity index (χ2v) is 6.45. The minimum Gasteiger partial charge on any atom is -0.372 e. The largest absolute Gasteiger partial charge is 0.372 e. The van der Waals surface area contributed by atoms with E-state index in [1.165, 1.54) is 18.5 Å². The van der Waals surface area contributed by atoms with Gasteiger partial charge in [0.2, 0.25) is 0 Å². The Morgan fingerprint density at radius 3 is 2.68 bits per heavy atom. The summed E-state index contributed by atoms with van der Waals surface area (Å²) in [5.74, 6) is 0. The maximum absolute atomic E-state index is 11.9. The molecule has 130 valence electrons. The molecule has 0 bridgehead atoms. The molecule has 2 aromatic carbocycles. The van der Waals surface area contributed by atoms with Gasteiger partial charge in [0.1, 0.15) is 0 Å². The fourth-order valence-electron chi connectivity index (χ4n) is 2.85. The van der Waals surface area contributed by atoms with Gasteiger partial charge in [-0.05, 0) is 55.2 Å². The van der Waals surface area contributed by atoms with Crippen molar-refractivity contribution < 1.29 is 4.79 Å². The number of rotatable bonds is 4. The molecule has 0 spiro atoms. The highest BCUT2D eigenvalue weighted by Crippen LogP contribution is 2.22. The number of nitrogens with zero attached hydrogens (tertiary/aromatic N) is 2. The topological polar surface area (TPSA) is 56.7 Å². The maximum atomic E-state index is 11.9. The molecule has 0 aliphatic carbocycles. The van der Waals surface area contributed by atoms with Crippen LogP contribution in [0.2, 0.25) is 5.02 Å². The molecular formula is C19H21ClN4O. The zero-order valence-electron chi connectivity index (χ0n) is 14.1. The molecule has 6 heteroatoms. The fourth-order valence-corrected chi connectivity index (χ4v) is 3.03. The molecule has 1 aliphatic heterocycles. The summed E-state index contributed by atoms with van der Waals surface area (Å²) < 4.78 is 0. The van der Waals surface area contributed by atoms with E-state index in [1.54, 1.807) is 30.5 Å². The molecule has 0 saturated carbocycles. The van der Waals surface area contributed by atoms with Crippen molar-refractivity contribution in [3.63, 3.8) is 0 Å². The van der Waals surface area contributed by atoms with Crippen molar-refractivity contribution in [2.75, 3.05) is 23.3 Å². The van der Waals surface area contributed by atoms with E-state index in [9.17, 15) is 4.79 Å². The number of halogens is 1. The van der Waals surface area contributed by atoms with Gasteiger partial charge in [-0.15, -0.1) is 0 Å². The molecule has 0 atom stereocenters. The van der Waals surface area contributed by atoms with E-state index >= 15 is 0 Å². The number of benzene rings is 2. The Labute approximate surface area is 152 Å². The molecular weight excluding hydrogens is 336 g/mol. The number of hydrazone groups is 1. The summed E-state index contributed by atoms with van der Waals surface area (Å²) in [6, 6.07) is 12.9. The zero-order valence-corrected chi connectivity index (χ0v) is 14.9. The van der Waals surface area contributed by atoms with Gasteiger partial charge in [0.15, 0.2) is 0 Å². The summed E-state index contributed by atoms with van der Waals surface area (Å²) >= 11 is 6.00. The zero-order chi connectivity index (χ0) is 17.6. The van der Waals surface area contributed by atoms with E-state index in [0.717, 1.165) is 24.2 Å². The Morgan fingerprint density at radius 1 is 1.20 bits per heavy atom. The lowest BCUT2D eigenvalue weighted by molar-refractivity contribution is 0.252. The van der Waals surface area contributed by atoms with Gasteiger partial charge >= 0.3 is 6.03 Å². The number of aryl methyl sites for hydroxylation is 1. The van der Waals surface area contributed by atoms with Crippen molar-refractivity contribution in [1.29, 1.82) is 0 Å². The van der Waals surface area contributed by atoms with Crippen LogP contribution in [0.4, 0.5) is 16.2 Å². The summed E-state index contributed by atoms with van der Waals surface area (Å²) in [5.41, 5.74) is 6.34. The number of carbonyl (C=O) groups is 1. The minimum atomic E-state index is -0.435. The van der Waals surface area contributed by atoms with Crippen molar-refractivity contribution >= 4 is 35.2 Å². The highest BCUT2D eigenvalue weighted by molar-refractivity contribution is 6.33. The first-order valence-electron chi connectivity index (χ1n) is 8.34. The van der Waals surface area contributed by atoms with Crippen LogP contribution in [0, 0.1) is 6.92 Å². The van der Waals surface area contributed by atoms with Gasteiger partial charge in [0.05, 0.1) is 16.9 Å². The van der Waals surface area contributed by atoms with E-state index in [0.29, 0.717) is 10.7 Å². The van der Waals surface area contributed by atoms with Gasteiger partial charge in [0, 0.05) is 18.8 Å². The Morgan fingerprint density at radius 2 is 1.96 bits per heavy atom. The van der Waals surface area contributed by atoms with Gasteiger partial charge in [0.25, 0.3) is 0 Å². The van der Waals surface area contributed by atoms with Gasteiger partial charge in [-0.25, -0.2) is 10.2 Å². The smallest absolute Gasteiger partial charge is 0.339 e. The molecule has 1 aliphatic rings.